The van der Waals surface area contributed by atoms with E-state index in [-0.39, 0.29) is 11.7 Å². The van der Waals surface area contributed by atoms with Gasteiger partial charge in [-0.2, -0.15) is 0 Å². The molecule has 2 heterocycles. The van der Waals surface area contributed by atoms with E-state index in [2.05, 4.69) is 41.1 Å². The lowest BCUT2D eigenvalue weighted by molar-refractivity contribution is -0.113. The van der Waals surface area contributed by atoms with Crippen LogP contribution in [0.2, 0.25) is 10.0 Å². The summed E-state index contributed by atoms with van der Waals surface area (Å²) in [7, 11) is 0. The number of rotatable bonds is 10. The molecule has 0 bridgehead atoms. The largest absolute Gasteiger partial charge is 0.481 e. The van der Waals surface area contributed by atoms with Crippen molar-refractivity contribution in [2.24, 2.45) is 0 Å². The monoisotopic (exact) mass is 609 g/mol. The quantitative estimate of drug-likeness (QED) is 0.127. The fraction of sp³-hybridized carbons (Fsp3) is 0.172. The molecule has 204 valence electrons. The van der Waals surface area contributed by atoms with Crippen LogP contribution in [-0.4, -0.2) is 31.4 Å². The van der Waals surface area contributed by atoms with Crippen LogP contribution in [0.1, 0.15) is 24.4 Å². The van der Waals surface area contributed by atoms with E-state index in [0.717, 1.165) is 20.8 Å². The minimum absolute atomic E-state index is 0.153. The predicted octanol–water partition coefficient (Wildman–Crippen LogP) is 8.23. The van der Waals surface area contributed by atoms with Gasteiger partial charge in [0.05, 0.1) is 21.0 Å². The van der Waals surface area contributed by atoms with Gasteiger partial charge < -0.3 is 10.1 Å². The normalized spacial score (nSPS) is 11.9. The minimum Gasteiger partial charge on any atom is -0.481 e. The molecule has 0 aliphatic rings. The van der Waals surface area contributed by atoms with Crippen LogP contribution in [-0.2, 0) is 11.3 Å². The molecule has 40 heavy (non-hydrogen) atoms. The number of carbonyl (C=O) groups excluding carboxylic acids is 1. The van der Waals surface area contributed by atoms with Gasteiger partial charge in [-0.25, -0.2) is 4.98 Å². The first-order valence-electron chi connectivity index (χ1n) is 12.4. The highest BCUT2D eigenvalue weighted by Crippen LogP contribution is 2.33. The van der Waals surface area contributed by atoms with E-state index in [4.69, 9.17) is 32.9 Å². The first-order chi connectivity index (χ1) is 19.3. The smallest absolute Gasteiger partial charge is 0.234 e. The Morgan fingerprint density at radius 1 is 1.15 bits per heavy atom. The van der Waals surface area contributed by atoms with Gasteiger partial charge in [0.1, 0.15) is 10.8 Å². The molecule has 1 unspecified atom stereocenters. The van der Waals surface area contributed by atoms with Crippen LogP contribution in [0.3, 0.4) is 0 Å². The second kappa shape index (κ2) is 12.4. The number of carbonyl (C=O) groups is 1. The lowest BCUT2D eigenvalue weighted by Gasteiger charge is -2.16. The van der Waals surface area contributed by atoms with Gasteiger partial charge in [-0.05, 0) is 74.0 Å². The Kier molecular flexibility index (Phi) is 8.75. The Hall–Kier alpha value is -3.37. The highest BCUT2D eigenvalue weighted by atomic mass is 35.5. The summed E-state index contributed by atoms with van der Waals surface area (Å²) in [5, 5.41) is 14.0. The Morgan fingerprint density at radius 3 is 2.70 bits per heavy atom. The average Bonchev–Trinajstić information content (AvgIpc) is 3.53. The highest BCUT2D eigenvalue weighted by Gasteiger charge is 2.21. The van der Waals surface area contributed by atoms with Gasteiger partial charge in [0, 0.05) is 22.8 Å². The molecule has 1 amide bonds. The fourth-order valence-corrected chi connectivity index (χ4v) is 6.28. The summed E-state index contributed by atoms with van der Waals surface area (Å²) in [5.41, 5.74) is 3.92. The number of thiazole rings is 1. The van der Waals surface area contributed by atoms with E-state index in [1.54, 1.807) is 35.6 Å². The van der Waals surface area contributed by atoms with Crippen molar-refractivity contribution in [1.82, 2.24) is 19.7 Å². The van der Waals surface area contributed by atoms with Crippen LogP contribution < -0.4 is 10.1 Å². The van der Waals surface area contributed by atoms with Crippen molar-refractivity contribution < 1.29 is 9.53 Å². The van der Waals surface area contributed by atoms with Gasteiger partial charge in [0.25, 0.3) is 0 Å². The number of allylic oxidation sites excluding steroid dienone is 1. The molecule has 0 aliphatic carbocycles. The lowest BCUT2D eigenvalue weighted by Crippen LogP contribution is -2.15. The predicted molar refractivity (Wildman–Crippen MR) is 165 cm³/mol. The first-order valence-corrected chi connectivity index (χ1v) is 14.9. The number of aryl methyl sites for hydroxylation is 1. The number of hydrogen-bond acceptors (Lipinski definition) is 7. The Bertz CT molecular complexity index is 1680. The number of nitrogens with zero attached hydrogens (tertiary/aromatic N) is 4. The molecule has 0 fully saturated rings. The molecular weight excluding hydrogens is 585 g/mol. The van der Waals surface area contributed by atoms with Gasteiger partial charge in [-0.3, -0.25) is 9.36 Å². The third-order valence-corrected chi connectivity index (χ3v) is 8.47. The van der Waals surface area contributed by atoms with Crippen molar-refractivity contribution in [2.75, 3.05) is 11.1 Å². The van der Waals surface area contributed by atoms with Crippen LogP contribution in [0.4, 0.5) is 5.69 Å². The summed E-state index contributed by atoms with van der Waals surface area (Å²) >= 11 is 15.2. The van der Waals surface area contributed by atoms with Crippen molar-refractivity contribution in [1.29, 1.82) is 0 Å². The number of hydrogen-bond donors (Lipinski definition) is 1. The molecule has 0 aliphatic heterocycles. The molecular formula is C29H25Cl2N5O2S2. The average molecular weight is 611 g/mol. The minimum atomic E-state index is -0.452. The van der Waals surface area contributed by atoms with E-state index in [9.17, 15) is 4.79 Å². The number of anilines is 1. The number of ether oxygens (including phenoxy) is 1. The maximum absolute atomic E-state index is 12.7. The summed E-state index contributed by atoms with van der Waals surface area (Å²) in [6.07, 6.45) is 1.29. The van der Waals surface area contributed by atoms with Crippen LogP contribution >= 0.6 is 46.3 Å². The lowest BCUT2D eigenvalue weighted by atomic mass is 10.2. The topological polar surface area (TPSA) is 81.9 Å². The SMILES string of the molecule is C=CCn1c(SCC(=O)Nc2ccc(-c3nc4ccc(C)cc4s3)cc2)nnc1C(C)Oc1ccc(Cl)cc1Cl. The van der Waals surface area contributed by atoms with Crippen molar-refractivity contribution in [3.05, 3.63) is 94.8 Å². The maximum atomic E-state index is 12.7. The number of benzene rings is 3. The third kappa shape index (κ3) is 6.50. The van der Waals surface area contributed by atoms with E-state index in [1.807, 2.05) is 41.8 Å². The fourth-order valence-electron chi connectivity index (χ4n) is 4.00. The second-order valence-corrected chi connectivity index (χ2v) is 11.8. The molecule has 0 saturated carbocycles. The zero-order valence-electron chi connectivity index (χ0n) is 21.7. The molecule has 3 aromatic carbocycles. The van der Waals surface area contributed by atoms with Crippen LogP contribution in [0, 0.1) is 6.92 Å². The number of fused-ring (bicyclic) bond motifs is 1. The van der Waals surface area contributed by atoms with Crippen molar-refractivity contribution in [3.8, 4) is 16.3 Å². The molecule has 1 atom stereocenters. The van der Waals surface area contributed by atoms with E-state index >= 15 is 0 Å². The molecule has 7 nitrogen and oxygen atoms in total. The number of nitrogens with one attached hydrogen (secondary N) is 1. The van der Waals surface area contributed by atoms with Gasteiger partial charge in [0.15, 0.2) is 17.1 Å². The number of halogens is 2. The molecule has 5 rings (SSSR count). The first kappa shape index (κ1) is 28.2. The van der Waals surface area contributed by atoms with Crippen molar-refractivity contribution >= 4 is 68.1 Å². The van der Waals surface area contributed by atoms with Gasteiger partial charge in [-0.1, -0.05) is 47.1 Å². The third-order valence-electron chi connectivity index (χ3n) is 5.91. The number of amides is 1. The Morgan fingerprint density at radius 2 is 1.95 bits per heavy atom. The van der Waals surface area contributed by atoms with Gasteiger partial charge in [-0.15, -0.1) is 28.1 Å². The summed E-state index contributed by atoms with van der Waals surface area (Å²) in [6, 6.07) is 19.0. The summed E-state index contributed by atoms with van der Waals surface area (Å²) in [4.78, 5) is 17.5. The van der Waals surface area contributed by atoms with Crippen LogP contribution in [0.25, 0.3) is 20.8 Å². The molecule has 0 spiro atoms. The Labute approximate surface area is 250 Å². The second-order valence-electron chi connectivity index (χ2n) is 8.98. The van der Waals surface area contributed by atoms with Crippen LogP contribution in [0.15, 0.2) is 78.5 Å². The van der Waals surface area contributed by atoms with E-state index < -0.39 is 6.10 Å². The molecule has 0 saturated heterocycles. The van der Waals surface area contributed by atoms with E-state index in [0.29, 0.717) is 39.0 Å². The van der Waals surface area contributed by atoms with Crippen molar-refractivity contribution in [2.45, 2.75) is 31.7 Å². The van der Waals surface area contributed by atoms with Gasteiger partial charge in [0.2, 0.25) is 5.91 Å². The Balaban J connectivity index is 1.21. The molecule has 5 aromatic rings. The summed E-state index contributed by atoms with van der Waals surface area (Å²) in [5.74, 6) is 1.09. The maximum Gasteiger partial charge on any atom is 0.234 e. The summed E-state index contributed by atoms with van der Waals surface area (Å²) < 4.78 is 9.04. The standard InChI is InChI=1S/C29H25Cl2N5O2S2/c1-4-13-36-27(18(3)38-24-12-8-20(30)15-22(24)31)34-35-29(36)39-16-26(37)32-21-9-6-19(7-10-21)28-33-23-11-5-17(2)14-25(23)40-28/h4-12,14-15,18H,1,13,16H2,2-3H3,(H,32,37). The molecule has 11 heteroatoms. The van der Waals surface area contributed by atoms with Gasteiger partial charge >= 0.3 is 0 Å². The summed E-state index contributed by atoms with van der Waals surface area (Å²) in [6.45, 7) is 8.23. The number of thioether (sulfide) groups is 1. The molecule has 1 N–H and O–H groups in total. The number of aromatic nitrogens is 4. The van der Waals surface area contributed by atoms with Crippen LogP contribution in [0.5, 0.6) is 5.75 Å². The molecule has 2 aromatic heterocycles. The van der Waals surface area contributed by atoms with Crippen molar-refractivity contribution in [3.63, 3.8) is 0 Å². The molecule has 0 radical (unpaired) electrons. The zero-order chi connectivity index (χ0) is 28.2. The highest BCUT2D eigenvalue weighted by molar-refractivity contribution is 7.99. The zero-order valence-corrected chi connectivity index (χ0v) is 24.9. The van der Waals surface area contributed by atoms with E-state index in [1.165, 1.54) is 17.3 Å².